The summed E-state index contributed by atoms with van der Waals surface area (Å²) in [6, 6.07) is 18.1. The number of aromatic nitrogens is 1. The van der Waals surface area contributed by atoms with Crippen LogP contribution in [0.25, 0.3) is 28.6 Å². The summed E-state index contributed by atoms with van der Waals surface area (Å²) in [4.78, 5) is 10.2. The zero-order valence-corrected chi connectivity index (χ0v) is 47.5. The van der Waals surface area contributed by atoms with Crippen LogP contribution in [-0.2, 0) is 13.0 Å². The normalized spacial score (nSPS) is 18.9. The second kappa shape index (κ2) is 31.7. The summed E-state index contributed by atoms with van der Waals surface area (Å²) >= 11 is 0. The fourth-order valence-electron chi connectivity index (χ4n) is 10.6. The number of para-hydroxylation sites is 1. The average molecular weight is 1030 g/mol. The van der Waals surface area contributed by atoms with Crippen LogP contribution in [0.5, 0.6) is 0 Å². The van der Waals surface area contributed by atoms with Crippen molar-refractivity contribution < 1.29 is 0 Å². The molecule has 3 nitrogen and oxygen atoms in total. The minimum atomic E-state index is 0.543. The molecular weight excluding hydrogens is 942 g/mol. The zero-order valence-electron chi connectivity index (χ0n) is 47.5. The average Bonchev–Trinajstić information content (AvgIpc) is 3.86. The van der Waals surface area contributed by atoms with Crippen LogP contribution < -0.4 is 10.6 Å². The number of fused-ring (bicyclic) bond motifs is 1. The third-order valence-electron chi connectivity index (χ3n) is 14.8. The topological polar surface area (TPSA) is 29.6 Å². The van der Waals surface area contributed by atoms with Crippen molar-refractivity contribution in [2.45, 2.75) is 131 Å². The van der Waals surface area contributed by atoms with E-state index in [1.54, 1.807) is 0 Å². The number of hydrogen-bond acceptors (Lipinski definition) is 2. The van der Waals surface area contributed by atoms with Gasteiger partial charge in [-0.2, -0.15) is 0 Å². The van der Waals surface area contributed by atoms with Gasteiger partial charge in [0.25, 0.3) is 0 Å². The van der Waals surface area contributed by atoms with Crippen molar-refractivity contribution in [3.63, 3.8) is 0 Å². The molecule has 78 heavy (non-hydrogen) atoms. The Morgan fingerprint density at radius 3 is 2.54 bits per heavy atom. The molecule has 0 bridgehead atoms. The first kappa shape index (κ1) is 58.3. The molecule has 4 aliphatic carbocycles. The molecule has 0 atom stereocenters. The van der Waals surface area contributed by atoms with E-state index in [0.717, 1.165) is 113 Å². The molecule has 0 fully saturated rings. The van der Waals surface area contributed by atoms with Crippen molar-refractivity contribution in [3.8, 4) is 0 Å². The second-order valence-corrected chi connectivity index (χ2v) is 20.6. The van der Waals surface area contributed by atoms with E-state index in [4.69, 9.17) is 9.98 Å². The summed E-state index contributed by atoms with van der Waals surface area (Å²) in [6.45, 7) is 24.7. The van der Waals surface area contributed by atoms with Crippen molar-refractivity contribution in [2.24, 2.45) is 9.98 Å². The molecule has 0 radical (unpaired) electrons. The fourth-order valence-corrected chi connectivity index (χ4v) is 10.6. The monoisotopic (exact) mass is 1030 g/mol. The van der Waals surface area contributed by atoms with Gasteiger partial charge in [0.1, 0.15) is 0 Å². The van der Waals surface area contributed by atoms with Crippen LogP contribution in [0, 0.1) is 0 Å². The third-order valence-corrected chi connectivity index (χ3v) is 14.8. The molecule has 4 aliphatic rings. The molecule has 1 aromatic heterocycles. The number of hydrogen-bond donors (Lipinski definition) is 0. The Bertz CT molecular complexity index is 3330. The van der Waals surface area contributed by atoms with Crippen molar-refractivity contribution in [3.05, 3.63) is 268 Å². The Labute approximate surface area is 469 Å². The van der Waals surface area contributed by atoms with E-state index in [-0.39, 0.29) is 0 Å². The Balaban J connectivity index is 1.14. The minimum absolute atomic E-state index is 0.543. The molecule has 398 valence electrons. The Hall–Kier alpha value is -7.43. The molecular formula is C74H84BN3. The van der Waals surface area contributed by atoms with E-state index < -0.39 is 0 Å². The second-order valence-electron chi connectivity index (χ2n) is 20.6. The van der Waals surface area contributed by atoms with Crippen LogP contribution in [-0.4, -0.2) is 35.4 Å². The SMILES string of the molecule is C=CC=B/C(=C\CC(=C)N=C(CC/C=C\CCC=C)CN=C(C)C1=CC=CCC=C1)Cn1c(=C/CC)/c(=C\Cc2cccc(C3=CC(/C4=C/CC5=C(CC=CC=C5)C(/C=C\CC)=C(/C)CCC4)=CC=CC3)c2)c2ccccc21. The molecule has 0 amide bonds. The molecule has 0 unspecified atom stereocenters. The molecule has 1 heterocycles. The van der Waals surface area contributed by atoms with Gasteiger partial charge in [0.2, 0.25) is 0 Å². The molecule has 3 aromatic rings. The van der Waals surface area contributed by atoms with Gasteiger partial charge < -0.3 is 0 Å². The van der Waals surface area contributed by atoms with Gasteiger partial charge in [0, 0.05) is 0 Å². The maximum absolute atomic E-state index is 5.15. The van der Waals surface area contributed by atoms with Gasteiger partial charge in [-0.1, -0.05) is 85.4 Å². The first-order chi connectivity index (χ1) is 38.3. The number of benzene rings is 2. The molecule has 0 N–H and O–H groups in total. The van der Waals surface area contributed by atoms with E-state index in [0.29, 0.717) is 19.5 Å². The summed E-state index contributed by atoms with van der Waals surface area (Å²) in [6.07, 6.45) is 66.1. The van der Waals surface area contributed by atoms with E-state index in [2.05, 4.69) is 235 Å². The van der Waals surface area contributed by atoms with Crippen LogP contribution in [0.3, 0.4) is 0 Å². The molecule has 7 rings (SSSR count). The van der Waals surface area contributed by atoms with E-state index in [9.17, 15) is 0 Å². The summed E-state index contributed by atoms with van der Waals surface area (Å²) in [7, 11) is 0. The number of allylic oxidation sites excluding steroid dienone is 30. The predicted molar refractivity (Wildman–Crippen MR) is 347 cm³/mol. The molecule has 0 saturated heterocycles. The van der Waals surface area contributed by atoms with Crippen LogP contribution in [0.4, 0.5) is 0 Å². The van der Waals surface area contributed by atoms with E-state index in [1.165, 1.54) is 77.1 Å². The third kappa shape index (κ3) is 17.3. The molecule has 0 aliphatic heterocycles. The van der Waals surface area contributed by atoms with E-state index in [1.807, 2.05) is 18.1 Å². The maximum atomic E-state index is 5.15. The summed E-state index contributed by atoms with van der Waals surface area (Å²) in [5, 5.41) is 3.80. The molecule has 0 spiro atoms. The van der Waals surface area contributed by atoms with Gasteiger partial charge in [0.05, 0.1) is 0 Å². The Kier molecular flexibility index (Phi) is 23.7. The van der Waals surface area contributed by atoms with Gasteiger partial charge in [-0.15, -0.1) is 6.58 Å². The Morgan fingerprint density at radius 2 is 1.68 bits per heavy atom. The summed E-state index contributed by atoms with van der Waals surface area (Å²) < 4.78 is 2.49. The summed E-state index contributed by atoms with van der Waals surface area (Å²) in [5.74, 6) is 2.04. The number of unbranched alkanes of at least 4 members (excludes halogenated alkanes) is 1. The van der Waals surface area contributed by atoms with Gasteiger partial charge in [0.15, 0.2) is 0 Å². The van der Waals surface area contributed by atoms with Gasteiger partial charge in [-0.05, 0) is 79.7 Å². The number of nitrogens with zero attached hydrogens (tertiary/aromatic N) is 3. The van der Waals surface area contributed by atoms with Crippen LogP contribution in [0.15, 0.2) is 256 Å². The predicted octanol–water partition coefficient (Wildman–Crippen LogP) is 17.8. The van der Waals surface area contributed by atoms with Crippen molar-refractivity contribution in [2.75, 3.05) is 6.54 Å². The number of rotatable bonds is 23. The zero-order chi connectivity index (χ0) is 54.7. The van der Waals surface area contributed by atoms with Gasteiger partial charge in [-0.25, -0.2) is 0 Å². The van der Waals surface area contributed by atoms with Crippen LogP contribution >= 0.6 is 0 Å². The first-order valence-corrected chi connectivity index (χ1v) is 28.9. The quantitative estimate of drug-likeness (QED) is 0.0392. The van der Waals surface area contributed by atoms with Crippen molar-refractivity contribution in [1.29, 1.82) is 0 Å². The summed E-state index contributed by atoms with van der Waals surface area (Å²) in [5.41, 5.74) is 19.0. The van der Waals surface area contributed by atoms with Crippen LogP contribution in [0.1, 0.15) is 129 Å². The molecule has 0 saturated carbocycles. The first-order valence-electron chi connectivity index (χ1n) is 28.9. The van der Waals surface area contributed by atoms with Gasteiger partial charge in [-0.3, -0.25) is 0 Å². The fraction of sp³-hybridized carbons (Fsp3) is 0.284. The van der Waals surface area contributed by atoms with Gasteiger partial charge >= 0.3 is 301 Å². The van der Waals surface area contributed by atoms with Crippen molar-refractivity contribution in [1.82, 2.24) is 4.57 Å². The standard InChI is InChI=1S/C74H84BN3/c1-8-12-14-15-16-23-41-68(55-76-59(7)61-34-20-17-18-21-35-61)77-58(6)46-50-67(75-52-11-4)56-78-73(31-10-3)72(71-44-27-28-45-74(71)78)51-47-60-33-30-40-64(53-60)66-38-26-25-37-65(54-66)62-39-29-32-57(5)69(42-13-9-2)70-43-24-19-22-36-63(70)49-48-62/h8,11,13,15-17,19-22,24-28,30-31,33-37,40,42,44-45,48,50-54H,1,4,6,9-10,12,14,18,23,29,32,38-39,41,43,46-47,49,55-56H2,2-3,5,7H3/b16-15-,42-13-,62-48+,67-50-,69-57-,72-51-,73-31+,76-59?,77-68?. The molecule has 4 heteroatoms. The van der Waals surface area contributed by atoms with Crippen LogP contribution in [0.2, 0.25) is 0 Å². The number of aliphatic imine (C=N–C) groups is 2. The molecule has 2 aromatic carbocycles. The van der Waals surface area contributed by atoms with Crippen molar-refractivity contribution >= 4 is 52.9 Å². The Morgan fingerprint density at radius 1 is 0.821 bits per heavy atom. The van der Waals surface area contributed by atoms with E-state index >= 15 is 0 Å².